The van der Waals surface area contributed by atoms with Gasteiger partial charge < -0.3 is 10.1 Å². The summed E-state index contributed by atoms with van der Waals surface area (Å²) in [6.07, 6.45) is 2.61. The first-order chi connectivity index (χ1) is 9.71. The Morgan fingerprint density at radius 1 is 1.20 bits per heavy atom. The van der Waals surface area contributed by atoms with Crippen LogP contribution in [0.1, 0.15) is 30.8 Å². The number of nitrogens with one attached hydrogen (secondary N) is 1. The number of aromatic nitrogens is 2. The van der Waals surface area contributed by atoms with E-state index in [4.69, 9.17) is 4.74 Å². The summed E-state index contributed by atoms with van der Waals surface area (Å²) in [6, 6.07) is 7.93. The Morgan fingerprint density at radius 2 is 2.05 bits per heavy atom. The van der Waals surface area contributed by atoms with Gasteiger partial charge in [0.25, 0.3) is 0 Å². The van der Waals surface area contributed by atoms with Crippen molar-refractivity contribution < 1.29 is 4.74 Å². The molecule has 0 fully saturated rings. The van der Waals surface area contributed by atoms with Crippen LogP contribution in [0.3, 0.4) is 0 Å². The molecule has 2 aromatic heterocycles. The molecule has 106 valence electrons. The van der Waals surface area contributed by atoms with E-state index in [1.807, 2.05) is 25.1 Å². The summed E-state index contributed by atoms with van der Waals surface area (Å²) < 4.78 is 5.80. The summed E-state index contributed by atoms with van der Waals surface area (Å²) in [5.41, 5.74) is 3.20. The van der Waals surface area contributed by atoms with Crippen molar-refractivity contribution in [1.29, 1.82) is 0 Å². The summed E-state index contributed by atoms with van der Waals surface area (Å²) in [7, 11) is 0. The highest BCUT2D eigenvalue weighted by molar-refractivity contribution is 5.30. The Labute approximate surface area is 120 Å². The lowest BCUT2D eigenvalue weighted by Crippen LogP contribution is -2.12. The number of aryl methyl sites for hydroxylation is 2. The maximum atomic E-state index is 5.80. The molecule has 0 spiro atoms. The molecule has 0 aliphatic heterocycles. The molecule has 0 bridgehead atoms. The van der Waals surface area contributed by atoms with Crippen LogP contribution in [0.15, 0.2) is 30.5 Å². The quantitative estimate of drug-likeness (QED) is 0.876. The van der Waals surface area contributed by atoms with Gasteiger partial charge in [0.1, 0.15) is 5.75 Å². The topological polar surface area (TPSA) is 47.0 Å². The Kier molecular flexibility index (Phi) is 5.07. The standard InChI is InChI=1S/C16H21N3O/c1-4-14-8-13(10-17-5-2)9-16(19-14)20-15-7-6-12(3)18-11-15/h6-9,11,17H,4-5,10H2,1-3H3. The van der Waals surface area contributed by atoms with Crippen molar-refractivity contribution in [2.45, 2.75) is 33.7 Å². The third kappa shape index (κ3) is 4.03. The fraction of sp³-hybridized carbons (Fsp3) is 0.375. The molecule has 0 aliphatic rings. The predicted molar refractivity (Wildman–Crippen MR) is 80.0 cm³/mol. The number of hydrogen-bond acceptors (Lipinski definition) is 4. The van der Waals surface area contributed by atoms with Gasteiger partial charge in [0, 0.05) is 24.0 Å². The molecule has 0 saturated carbocycles. The lowest BCUT2D eigenvalue weighted by molar-refractivity contribution is 0.457. The second-order valence-electron chi connectivity index (χ2n) is 4.68. The zero-order chi connectivity index (χ0) is 14.4. The van der Waals surface area contributed by atoms with E-state index < -0.39 is 0 Å². The molecule has 0 saturated heterocycles. The van der Waals surface area contributed by atoms with Crippen LogP contribution in [-0.4, -0.2) is 16.5 Å². The molecule has 0 aliphatic carbocycles. The van der Waals surface area contributed by atoms with Gasteiger partial charge in [0.05, 0.1) is 6.20 Å². The third-order valence-corrected chi connectivity index (χ3v) is 2.96. The zero-order valence-corrected chi connectivity index (χ0v) is 12.3. The molecule has 0 atom stereocenters. The molecule has 1 N–H and O–H groups in total. The van der Waals surface area contributed by atoms with Crippen molar-refractivity contribution in [3.05, 3.63) is 47.4 Å². The largest absolute Gasteiger partial charge is 0.437 e. The summed E-state index contributed by atoms with van der Waals surface area (Å²) in [6.45, 7) is 7.92. The van der Waals surface area contributed by atoms with E-state index in [0.717, 1.165) is 30.9 Å². The average Bonchev–Trinajstić information content (AvgIpc) is 2.47. The Balaban J connectivity index is 2.19. The van der Waals surface area contributed by atoms with Crippen LogP contribution in [0.5, 0.6) is 11.6 Å². The van der Waals surface area contributed by atoms with Crippen molar-refractivity contribution in [2.24, 2.45) is 0 Å². The first-order valence-electron chi connectivity index (χ1n) is 7.02. The molecule has 0 unspecified atom stereocenters. The normalized spacial score (nSPS) is 10.6. The maximum absolute atomic E-state index is 5.80. The Hall–Kier alpha value is -1.94. The maximum Gasteiger partial charge on any atom is 0.219 e. The molecule has 4 heteroatoms. The van der Waals surface area contributed by atoms with Crippen LogP contribution < -0.4 is 10.1 Å². The molecule has 0 aromatic carbocycles. The summed E-state index contributed by atoms with van der Waals surface area (Å²) in [5, 5.41) is 3.32. The van der Waals surface area contributed by atoms with Crippen molar-refractivity contribution >= 4 is 0 Å². The lowest BCUT2D eigenvalue weighted by atomic mass is 10.2. The highest BCUT2D eigenvalue weighted by Crippen LogP contribution is 2.21. The number of pyridine rings is 2. The van der Waals surface area contributed by atoms with E-state index in [0.29, 0.717) is 11.6 Å². The number of rotatable bonds is 6. The van der Waals surface area contributed by atoms with Gasteiger partial charge in [-0.25, -0.2) is 4.98 Å². The van der Waals surface area contributed by atoms with E-state index >= 15 is 0 Å². The first-order valence-corrected chi connectivity index (χ1v) is 7.02. The minimum Gasteiger partial charge on any atom is -0.437 e. The van der Waals surface area contributed by atoms with Crippen LogP contribution in [0.4, 0.5) is 0 Å². The van der Waals surface area contributed by atoms with Crippen molar-refractivity contribution in [2.75, 3.05) is 6.54 Å². The van der Waals surface area contributed by atoms with Gasteiger partial charge in [-0.05, 0) is 43.7 Å². The van der Waals surface area contributed by atoms with E-state index in [-0.39, 0.29) is 0 Å². The summed E-state index contributed by atoms with van der Waals surface area (Å²) in [4.78, 5) is 8.72. The predicted octanol–water partition coefficient (Wildman–Crippen LogP) is 3.25. The minimum atomic E-state index is 0.628. The van der Waals surface area contributed by atoms with Gasteiger partial charge in [0.2, 0.25) is 5.88 Å². The van der Waals surface area contributed by atoms with E-state index in [2.05, 4.69) is 35.2 Å². The number of nitrogens with zero attached hydrogens (tertiary/aromatic N) is 2. The van der Waals surface area contributed by atoms with Gasteiger partial charge in [-0.2, -0.15) is 0 Å². The molecule has 2 aromatic rings. The van der Waals surface area contributed by atoms with Crippen molar-refractivity contribution in [3.63, 3.8) is 0 Å². The third-order valence-electron chi connectivity index (χ3n) is 2.96. The molecular formula is C16H21N3O. The van der Waals surface area contributed by atoms with Crippen LogP contribution in [0.2, 0.25) is 0 Å². The second-order valence-corrected chi connectivity index (χ2v) is 4.68. The monoisotopic (exact) mass is 271 g/mol. The SMILES string of the molecule is CCNCc1cc(CC)nc(Oc2ccc(C)nc2)c1. The first kappa shape index (κ1) is 14.5. The molecule has 2 heterocycles. The van der Waals surface area contributed by atoms with E-state index in [1.54, 1.807) is 6.20 Å². The lowest BCUT2D eigenvalue weighted by Gasteiger charge is -2.09. The molecular weight excluding hydrogens is 250 g/mol. The highest BCUT2D eigenvalue weighted by Gasteiger charge is 2.04. The van der Waals surface area contributed by atoms with Gasteiger partial charge in [-0.3, -0.25) is 4.98 Å². The van der Waals surface area contributed by atoms with Gasteiger partial charge in [-0.1, -0.05) is 13.8 Å². The molecule has 0 amide bonds. The van der Waals surface area contributed by atoms with Crippen molar-refractivity contribution in [1.82, 2.24) is 15.3 Å². The number of ether oxygens (including phenoxy) is 1. The Morgan fingerprint density at radius 3 is 2.70 bits per heavy atom. The summed E-state index contributed by atoms with van der Waals surface area (Å²) >= 11 is 0. The molecule has 20 heavy (non-hydrogen) atoms. The average molecular weight is 271 g/mol. The highest BCUT2D eigenvalue weighted by atomic mass is 16.5. The number of hydrogen-bond donors (Lipinski definition) is 1. The molecule has 0 radical (unpaired) electrons. The van der Waals surface area contributed by atoms with E-state index in [9.17, 15) is 0 Å². The van der Waals surface area contributed by atoms with Crippen LogP contribution in [-0.2, 0) is 13.0 Å². The van der Waals surface area contributed by atoms with Crippen LogP contribution in [0, 0.1) is 6.92 Å². The van der Waals surface area contributed by atoms with Gasteiger partial charge >= 0.3 is 0 Å². The Bertz CT molecular complexity index is 552. The zero-order valence-electron chi connectivity index (χ0n) is 12.3. The smallest absolute Gasteiger partial charge is 0.219 e. The van der Waals surface area contributed by atoms with Gasteiger partial charge in [-0.15, -0.1) is 0 Å². The van der Waals surface area contributed by atoms with Crippen LogP contribution in [0.25, 0.3) is 0 Å². The van der Waals surface area contributed by atoms with E-state index in [1.165, 1.54) is 5.56 Å². The molecule has 2 rings (SSSR count). The second kappa shape index (κ2) is 7.01. The van der Waals surface area contributed by atoms with Crippen LogP contribution >= 0.6 is 0 Å². The fourth-order valence-corrected chi connectivity index (χ4v) is 1.86. The van der Waals surface area contributed by atoms with Crippen molar-refractivity contribution in [3.8, 4) is 11.6 Å². The fourth-order valence-electron chi connectivity index (χ4n) is 1.86. The van der Waals surface area contributed by atoms with Gasteiger partial charge in [0.15, 0.2) is 0 Å². The summed E-state index contributed by atoms with van der Waals surface area (Å²) in [5.74, 6) is 1.34. The molecule has 4 nitrogen and oxygen atoms in total. The minimum absolute atomic E-state index is 0.628.